The summed E-state index contributed by atoms with van der Waals surface area (Å²) in [6.45, 7) is 4.45. The van der Waals surface area contributed by atoms with Crippen molar-refractivity contribution in [1.82, 2.24) is 10.2 Å². The van der Waals surface area contributed by atoms with Gasteiger partial charge in [-0.05, 0) is 56.2 Å². The molecule has 0 radical (unpaired) electrons. The molecule has 146 valence electrons. The van der Waals surface area contributed by atoms with Gasteiger partial charge in [-0.25, -0.2) is 13.6 Å². The second kappa shape index (κ2) is 7.03. The van der Waals surface area contributed by atoms with Crippen molar-refractivity contribution in [1.29, 1.82) is 0 Å². The molecule has 1 heterocycles. The van der Waals surface area contributed by atoms with Crippen molar-refractivity contribution in [3.63, 3.8) is 0 Å². The second-order valence-electron chi connectivity index (χ2n) is 6.87. The van der Waals surface area contributed by atoms with Crippen molar-refractivity contribution in [3.05, 3.63) is 64.7 Å². The highest BCUT2D eigenvalue weighted by atomic mass is 19.1. The Hall–Kier alpha value is -3.29. The Bertz CT molecular complexity index is 993. The molecule has 0 aliphatic carbocycles. The molecule has 0 aromatic heterocycles. The number of amides is 4. The Balaban J connectivity index is 1.81. The van der Waals surface area contributed by atoms with Crippen molar-refractivity contribution < 1.29 is 23.2 Å². The highest BCUT2D eigenvalue weighted by molar-refractivity contribution is 6.10. The van der Waals surface area contributed by atoms with E-state index in [1.807, 2.05) is 19.9 Å². The lowest BCUT2D eigenvalue weighted by molar-refractivity contribution is -0.133. The zero-order valence-corrected chi connectivity index (χ0v) is 15.6. The summed E-state index contributed by atoms with van der Waals surface area (Å²) in [6, 6.07) is 7.17. The molecule has 1 unspecified atom stereocenters. The first-order valence-electron chi connectivity index (χ1n) is 8.59. The first-order valence-corrected chi connectivity index (χ1v) is 8.59. The van der Waals surface area contributed by atoms with Crippen LogP contribution in [-0.4, -0.2) is 29.3 Å². The third-order valence-electron chi connectivity index (χ3n) is 4.92. The van der Waals surface area contributed by atoms with Gasteiger partial charge in [0.15, 0.2) is 0 Å². The van der Waals surface area contributed by atoms with Gasteiger partial charge in [0.2, 0.25) is 5.91 Å². The van der Waals surface area contributed by atoms with Crippen LogP contribution in [0.15, 0.2) is 36.4 Å². The van der Waals surface area contributed by atoms with Crippen molar-refractivity contribution >= 4 is 23.5 Å². The third kappa shape index (κ3) is 3.33. The number of carbonyl (C=O) groups excluding carboxylic acids is 3. The fourth-order valence-corrected chi connectivity index (χ4v) is 3.12. The van der Waals surface area contributed by atoms with Crippen molar-refractivity contribution in [2.45, 2.75) is 26.3 Å². The zero-order chi connectivity index (χ0) is 20.6. The predicted molar refractivity (Wildman–Crippen MR) is 98.5 cm³/mol. The fraction of sp³-hybridized carbons (Fsp3) is 0.250. The summed E-state index contributed by atoms with van der Waals surface area (Å²) in [5.74, 6) is -3.00. The Kier molecular flexibility index (Phi) is 4.89. The number of nitrogens with one attached hydrogen (secondary N) is 2. The summed E-state index contributed by atoms with van der Waals surface area (Å²) >= 11 is 0. The molecule has 4 amide bonds. The predicted octanol–water partition coefficient (Wildman–Crippen LogP) is 2.99. The molecular formula is C20H19F2N3O3. The van der Waals surface area contributed by atoms with E-state index in [9.17, 15) is 23.2 Å². The van der Waals surface area contributed by atoms with Crippen LogP contribution in [0.4, 0.5) is 19.3 Å². The smallest absolute Gasteiger partial charge is 0.324 e. The van der Waals surface area contributed by atoms with Crippen molar-refractivity contribution in [2.24, 2.45) is 0 Å². The number of nitrogens with zero attached hydrogens (tertiary/aromatic N) is 1. The molecule has 3 rings (SSSR count). The molecule has 1 aliphatic rings. The number of benzene rings is 2. The van der Waals surface area contributed by atoms with Crippen LogP contribution in [0.2, 0.25) is 0 Å². The minimum atomic E-state index is -1.80. The summed E-state index contributed by atoms with van der Waals surface area (Å²) in [5.41, 5.74) is 0.295. The van der Waals surface area contributed by atoms with Crippen LogP contribution in [0.5, 0.6) is 0 Å². The van der Waals surface area contributed by atoms with Gasteiger partial charge in [-0.2, -0.15) is 0 Å². The summed E-state index contributed by atoms with van der Waals surface area (Å²) in [6.07, 6.45) is 0. The standard InChI is InChI=1S/C20H19F2N3O3/c1-11-5-4-6-16(12(11)2)23-17(26)10-25-18(27)20(3,24-19(25)28)14-9-13(21)7-8-15(14)22/h4-9H,10H2,1-3H3,(H,23,26)(H,24,28). The Morgan fingerprint density at radius 3 is 2.61 bits per heavy atom. The number of hydrogen-bond acceptors (Lipinski definition) is 3. The van der Waals surface area contributed by atoms with Gasteiger partial charge in [-0.3, -0.25) is 14.5 Å². The van der Waals surface area contributed by atoms with E-state index in [1.165, 1.54) is 6.92 Å². The lowest BCUT2D eigenvalue weighted by Gasteiger charge is -2.22. The highest BCUT2D eigenvalue weighted by Crippen LogP contribution is 2.31. The van der Waals surface area contributed by atoms with E-state index in [2.05, 4.69) is 10.6 Å². The number of hydrogen-bond donors (Lipinski definition) is 2. The van der Waals surface area contributed by atoms with Crippen LogP contribution in [0.25, 0.3) is 0 Å². The lowest BCUT2D eigenvalue weighted by Crippen LogP contribution is -2.42. The number of urea groups is 1. The molecule has 2 aromatic rings. The monoisotopic (exact) mass is 387 g/mol. The molecule has 1 fully saturated rings. The number of aryl methyl sites for hydroxylation is 1. The molecule has 1 aliphatic heterocycles. The minimum Gasteiger partial charge on any atom is -0.324 e. The van der Waals surface area contributed by atoms with E-state index in [0.29, 0.717) is 10.6 Å². The van der Waals surface area contributed by atoms with Gasteiger partial charge < -0.3 is 10.6 Å². The molecule has 1 atom stereocenters. The van der Waals surface area contributed by atoms with Crippen LogP contribution in [0.1, 0.15) is 23.6 Å². The molecule has 0 spiro atoms. The van der Waals surface area contributed by atoms with Gasteiger partial charge in [0.1, 0.15) is 23.7 Å². The lowest BCUT2D eigenvalue weighted by atomic mass is 9.91. The van der Waals surface area contributed by atoms with E-state index in [1.54, 1.807) is 12.1 Å². The molecule has 0 bridgehead atoms. The summed E-state index contributed by atoms with van der Waals surface area (Å²) < 4.78 is 27.7. The summed E-state index contributed by atoms with van der Waals surface area (Å²) in [5, 5.41) is 5.01. The molecule has 1 saturated heterocycles. The van der Waals surface area contributed by atoms with Gasteiger partial charge >= 0.3 is 6.03 Å². The van der Waals surface area contributed by atoms with Crippen LogP contribution in [0, 0.1) is 25.5 Å². The Morgan fingerprint density at radius 2 is 1.89 bits per heavy atom. The summed E-state index contributed by atoms with van der Waals surface area (Å²) in [7, 11) is 0. The second-order valence-corrected chi connectivity index (χ2v) is 6.87. The van der Waals surface area contributed by atoms with E-state index in [0.717, 1.165) is 29.3 Å². The SMILES string of the molecule is Cc1cccc(NC(=O)CN2C(=O)NC(C)(c3cc(F)ccc3F)C2=O)c1C. The highest BCUT2D eigenvalue weighted by Gasteiger charge is 2.50. The zero-order valence-electron chi connectivity index (χ0n) is 15.6. The topological polar surface area (TPSA) is 78.5 Å². The van der Waals surface area contributed by atoms with Gasteiger partial charge in [-0.1, -0.05) is 12.1 Å². The van der Waals surface area contributed by atoms with Gasteiger partial charge in [0, 0.05) is 11.3 Å². The van der Waals surface area contributed by atoms with Gasteiger partial charge in [-0.15, -0.1) is 0 Å². The maximum absolute atomic E-state index is 14.2. The summed E-state index contributed by atoms with van der Waals surface area (Å²) in [4.78, 5) is 38.1. The van der Waals surface area contributed by atoms with E-state index >= 15 is 0 Å². The van der Waals surface area contributed by atoms with Crippen molar-refractivity contribution in [3.8, 4) is 0 Å². The molecule has 28 heavy (non-hydrogen) atoms. The average molecular weight is 387 g/mol. The molecule has 0 saturated carbocycles. The van der Waals surface area contributed by atoms with Crippen LogP contribution < -0.4 is 10.6 Å². The first-order chi connectivity index (χ1) is 13.1. The molecule has 2 N–H and O–H groups in total. The molecule has 2 aromatic carbocycles. The first kappa shape index (κ1) is 19.5. The van der Waals surface area contributed by atoms with Crippen LogP contribution in [-0.2, 0) is 15.1 Å². The van der Waals surface area contributed by atoms with E-state index in [4.69, 9.17) is 0 Å². The largest absolute Gasteiger partial charge is 0.325 e. The molecular weight excluding hydrogens is 368 g/mol. The molecule has 8 heteroatoms. The number of rotatable bonds is 4. The Labute approximate surface area is 160 Å². The van der Waals surface area contributed by atoms with Gasteiger partial charge in [0.25, 0.3) is 5.91 Å². The minimum absolute atomic E-state index is 0.303. The quantitative estimate of drug-likeness (QED) is 0.792. The molecule has 6 nitrogen and oxygen atoms in total. The fourth-order valence-electron chi connectivity index (χ4n) is 3.12. The normalized spacial score (nSPS) is 19.0. The number of imide groups is 1. The van der Waals surface area contributed by atoms with Crippen LogP contribution in [0.3, 0.4) is 0 Å². The van der Waals surface area contributed by atoms with E-state index in [-0.39, 0.29) is 5.56 Å². The number of halogens is 2. The van der Waals surface area contributed by atoms with Gasteiger partial charge in [0.05, 0.1) is 0 Å². The number of anilines is 1. The van der Waals surface area contributed by atoms with E-state index < -0.39 is 41.6 Å². The van der Waals surface area contributed by atoms with Crippen LogP contribution >= 0.6 is 0 Å². The average Bonchev–Trinajstić information content (AvgIpc) is 2.85. The maximum atomic E-state index is 14.2. The third-order valence-corrected chi connectivity index (χ3v) is 4.92. The van der Waals surface area contributed by atoms with Crippen molar-refractivity contribution in [2.75, 3.05) is 11.9 Å². The Morgan fingerprint density at radius 1 is 1.18 bits per heavy atom. The number of carbonyl (C=O) groups is 3. The maximum Gasteiger partial charge on any atom is 0.325 e.